The van der Waals surface area contributed by atoms with Crippen molar-refractivity contribution in [1.82, 2.24) is 5.32 Å². The number of ether oxygens (including phenoxy) is 1. The third-order valence-electron chi connectivity index (χ3n) is 4.07. The lowest BCUT2D eigenvalue weighted by atomic mass is 10.1. The Morgan fingerprint density at radius 3 is 2.37 bits per heavy atom. The number of carbonyl (C=O) groups excluding carboxylic acids is 3. The molecule has 6 heteroatoms. The number of aryl methyl sites for hydroxylation is 1. The molecule has 0 bridgehead atoms. The van der Waals surface area contributed by atoms with Gasteiger partial charge in [-0.1, -0.05) is 36.4 Å². The van der Waals surface area contributed by atoms with Crippen LogP contribution in [0.15, 0.2) is 53.4 Å². The number of Topliss-reactive ketones (excluding diaryl/α,β-unsaturated/α-hetero) is 1. The van der Waals surface area contributed by atoms with Crippen LogP contribution in [-0.4, -0.2) is 30.5 Å². The molecule has 0 radical (unpaired) electrons. The van der Waals surface area contributed by atoms with Gasteiger partial charge in [0.05, 0.1) is 6.42 Å². The Morgan fingerprint density at radius 1 is 1.00 bits per heavy atom. The maximum atomic E-state index is 12.1. The minimum absolute atomic E-state index is 0.0474. The summed E-state index contributed by atoms with van der Waals surface area (Å²) in [5.41, 5.74) is 2.66. The van der Waals surface area contributed by atoms with Crippen LogP contribution < -0.4 is 5.32 Å². The molecule has 0 heterocycles. The summed E-state index contributed by atoms with van der Waals surface area (Å²) >= 11 is 1.60. The van der Waals surface area contributed by atoms with Crippen LogP contribution in [0.25, 0.3) is 0 Å². The number of nitrogens with one attached hydrogen (secondary N) is 1. The molecule has 2 aromatic rings. The fourth-order valence-corrected chi connectivity index (χ4v) is 2.82. The summed E-state index contributed by atoms with van der Waals surface area (Å²) in [7, 11) is 0. The van der Waals surface area contributed by atoms with Crippen LogP contribution in [0.3, 0.4) is 0 Å². The van der Waals surface area contributed by atoms with E-state index in [1.807, 2.05) is 49.6 Å². The first-order valence-corrected chi connectivity index (χ1v) is 9.86. The van der Waals surface area contributed by atoms with Crippen LogP contribution in [0.2, 0.25) is 0 Å². The number of benzene rings is 2. The molecular formula is C21H23NO4S. The van der Waals surface area contributed by atoms with Crippen LogP contribution in [0.4, 0.5) is 0 Å². The highest BCUT2D eigenvalue weighted by Gasteiger charge is 2.12. The molecule has 0 saturated heterocycles. The predicted molar refractivity (Wildman–Crippen MR) is 106 cm³/mol. The summed E-state index contributed by atoms with van der Waals surface area (Å²) < 4.78 is 4.94. The number of hydrogen-bond acceptors (Lipinski definition) is 5. The van der Waals surface area contributed by atoms with Crippen LogP contribution in [0.5, 0.6) is 0 Å². The molecule has 0 aliphatic carbocycles. The Bertz CT molecular complexity index is 802. The SMILES string of the molecule is CSc1ccc(C(=O)CCC(=O)OCC(=O)NCc2ccccc2C)cc1. The fraction of sp³-hybridized carbons (Fsp3) is 0.286. The number of thioether (sulfide) groups is 1. The summed E-state index contributed by atoms with van der Waals surface area (Å²) in [4.78, 5) is 36.7. The molecule has 0 aromatic heterocycles. The minimum Gasteiger partial charge on any atom is -0.456 e. The van der Waals surface area contributed by atoms with E-state index in [4.69, 9.17) is 4.74 Å². The lowest BCUT2D eigenvalue weighted by Gasteiger charge is -2.08. The van der Waals surface area contributed by atoms with E-state index in [0.29, 0.717) is 12.1 Å². The molecule has 0 saturated carbocycles. The largest absolute Gasteiger partial charge is 0.456 e. The number of esters is 1. The third kappa shape index (κ3) is 6.90. The van der Waals surface area contributed by atoms with E-state index in [0.717, 1.165) is 16.0 Å². The van der Waals surface area contributed by atoms with E-state index in [-0.39, 0.29) is 31.1 Å². The van der Waals surface area contributed by atoms with Gasteiger partial charge >= 0.3 is 5.97 Å². The van der Waals surface area contributed by atoms with E-state index < -0.39 is 5.97 Å². The van der Waals surface area contributed by atoms with Gasteiger partial charge in [0.15, 0.2) is 12.4 Å². The van der Waals surface area contributed by atoms with Gasteiger partial charge in [-0.15, -0.1) is 11.8 Å². The second-order valence-electron chi connectivity index (χ2n) is 6.02. The van der Waals surface area contributed by atoms with Crippen LogP contribution >= 0.6 is 11.8 Å². The van der Waals surface area contributed by atoms with Gasteiger partial charge in [-0.05, 0) is 36.4 Å². The zero-order valence-corrected chi connectivity index (χ0v) is 16.3. The second kappa shape index (κ2) is 10.5. The number of ketones is 1. The first kappa shape index (κ1) is 20.7. The van der Waals surface area contributed by atoms with Crippen LogP contribution in [0.1, 0.15) is 34.3 Å². The average molecular weight is 385 g/mol. The van der Waals surface area contributed by atoms with E-state index in [2.05, 4.69) is 5.32 Å². The predicted octanol–water partition coefficient (Wildman–Crippen LogP) is 3.54. The van der Waals surface area contributed by atoms with Crippen LogP contribution in [0, 0.1) is 6.92 Å². The Labute approximate surface area is 163 Å². The van der Waals surface area contributed by atoms with Crippen molar-refractivity contribution >= 4 is 29.4 Å². The monoisotopic (exact) mass is 385 g/mol. The highest BCUT2D eigenvalue weighted by molar-refractivity contribution is 7.98. The summed E-state index contributed by atoms with van der Waals surface area (Å²) in [6.45, 7) is 2.00. The molecular weight excluding hydrogens is 362 g/mol. The molecule has 0 unspecified atom stereocenters. The number of carbonyl (C=O) groups is 3. The molecule has 1 amide bonds. The Kier molecular flexibility index (Phi) is 8.07. The zero-order chi connectivity index (χ0) is 19.6. The fourth-order valence-electron chi connectivity index (χ4n) is 2.41. The molecule has 2 rings (SSSR count). The molecule has 2 aromatic carbocycles. The molecule has 27 heavy (non-hydrogen) atoms. The molecule has 0 atom stereocenters. The normalized spacial score (nSPS) is 10.3. The van der Waals surface area contributed by atoms with Crippen molar-refractivity contribution in [2.45, 2.75) is 31.2 Å². The van der Waals surface area contributed by atoms with Gasteiger partial charge in [0.2, 0.25) is 0 Å². The van der Waals surface area contributed by atoms with Crippen molar-refractivity contribution < 1.29 is 19.1 Å². The summed E-state index contributed by atoms with van der Waals surface area (Å²) in [5.74, 6) is -1.05. The van der Waals surface area contributed by atoms with Gasteiger partial charge in [0.25, 0.3) is 5.91 Å². The molecule has 1 N–H and O–H groups in total. The number of amides is 1. The maximum absolute atomic E-state index is 12.1. The van der Waals surface area contributed by atoms with Gasteiger partial charge in [0.1, 0.15) is 0 Å². The topological polar surface area (TPSA) is 72.5 Å². The number of rotatable bonds is 9. The van der Waals surface area contributed by atoms with Crippen molar-refractivity contribution in [2.75, 3.05) is 12.9 Å². The molecule has 0 fully saturated rings. The van der Waals surface area contributed by atoms with Crippen molar-refractivity contribution in [2.24, 2.45) is 0 Å². The standard InChI is InChI=1S/C21H23NO4S/c1-15-5-3-4-6-17(15)13-22-20(24)14-26-21(25)12-11-19(23)16-7-9-18(27-2)10-8-16/h3-10H,11-14H2,1-2H3,(H,22,24). The lowest BCUT2D eigenvalue weighted by molar-refractivity contribution is -0.148. The van der Waals surface area contributed by atoms with Crippen molar-refractivity contribution in [3.63, 3.8) is 0 Å². The number of hydrogen-bond donors (Lipinski definition) is 1. The Hall–Kier alpha value is -2.60. The highest BCUT2D eigenvalue weighted by Crippen LogP contribution is 2.16. The summed E-state index contributed by atoms with van der Waals surface area (Å²) in [6, 6.07) is 15.0. The summed E-state index contributed by atoms with van der Waals surface area (Å²) in [6.07, 6.45) is 1.97. The molecule has 142 valence electrons. The van der Waals surface area contributed by atoms with Gasteiger partial charge in [-0.25, -0.2) is 0 Å². The van der Waals surface area contributed by atoms with Crippen molar-refractivity contribution in [1.29, 1.82) is 0 Å². The van der Waals surface area contributed by atoms with Gasteiger partial charge in [-0.3, -0.25) is 14.4 Å². The smallest absolute Gasteiger partial charge is 0.306 e. The second-order valence-corrected chi connectivity index (χ2v) is 6.90. The van der Waals surface area contributed by atoms with E-state index in [1.54, 1.807) is 23.9 Å². The highest BCUT2D eigenvalue weighted by atomic mass is 32.2. The maximum Gasteiger partial charge on any atom is 0.306 e. The van der Waals surface area contributed by atoms with Gasteiger partial charge in [-0.2, -0.15) is 0 Å². The first-order valence-electron chi connectivity index (χ1n) is 8.63. The quantitative estimate of drug-likeness (QED) is 0.406. The van der Waals surface area contributed by atoms with E-state index >= 15 is 0 Å². The van der Waals surface area contributed by atoms with Gasteiger partial charge in [0, 0.05) is 23.4 Å². The Balaban J connectivity index is 1.68. The minimum atomic E-state index is -0.560. The van der Waals surface area contributed by atoms with E-state index in [1.165, 1.54) is 0 Å². The first-order chi connectivity index (χ1) is 13.0. The van der Waals surface area contributed by atoms with Crippen LogP contribution in [-0.2, 0) is 20.9 Å². The molecule has 0 spiro atoms. The zero-order valence-electron chi connectivity index (χ0n) is 15.5. The molecule has 0 aliphatic heterocycles. The Morgan fingerprint density at radius 2 is 1.70 bits per heavy atom. The van der Waals surface area contributed by atoms with Crippen molar-refractivity contribution in [3.05, 3.63) is 65.2 Å². The van der Waals surface area contributed by atoms with E-state index in [9.17, 15) is 14.4 Å². The van der Waals surface area contributed by atoms with Crippen molar-refractivity contribution in [3.8, 4) is 0 Å². The summed E-state index contributed by atoms with van der Waals surface area (Å²) in [5, 5.41) is 2.71. The molecule has 5 nitrogen and oxygen atoms in total. The third-order valence-corrected chi connectivity index (χ3v) is 4.81. The van der Waals surface area contributed by atoms with Gasteiger partial charge < -0.3 is 10.1 Å². The molecule has 0 aliphatic rings. The lowest BCUT2D eigenvalue weighted by Crippen LogP contribution is -2.28. The average Bonchev–Trinajstić information content (AvgIpc) is 2.69.